The summed E-state index contributed by atoms with van der Waals surface area (Å²) in [7, 11) is 0. The second kappa shape index (κ2) is 3.94. The third kappa shape index (κ3) is 1.64. The summed E-state index contributed by atoms with van der Waals surface area (Å²) in [6, 6.07) is 0. The van der Waals surface area contributed by atoms with Crippen molar-refractivity contribution in [3.63, 3.8) is 0 Å². The minimum absolute atomic E-state index is 0.0782. The van der Waals surface area contributed by atoms with Crippen LogP contribution in [0.5, 0.6) is 0 Å². The Bertz CT molecular complexity index is 382. The standard InChI is InChI=1S/C10H14N2O/c1-4-7-9-8(5-2)11-10(13)12(9)6-3/h4-5,7H,2,6H2,1,3H3,(H,11,13)/b7-4-. The Morgan fingerprint density at radius 1 is 1.62 bits per heavy atom. The SMILES string of the molecule is C=Cc1[nH]c(=O)n(CC)c1/C=C\C. The lowest BCUT2D eigenvalue weighted by molar-refractivity contribution is 0.723. The second-order valence-corrected chi connectivity index (χ2v) is 2.68. The molecule has 0 atom stereocenters. The van der Waals surface area contributed by atoms with Gasteiger partial charge in [0.2, 0.25) is 0 Å². The molecule has 3 heteroatoms. The number of hydrogen-bond acceptors (Lipinski definition) is 1. The summed E-state index contributed by atoms with van der Waals surface area (Å²) in [5.74, 6) is 0. The van der Waals surface area contributed by atoms with Crippen LogP contribution >= 0.6 is 0 Å². The highest BCUT2D eigenvalue weighted by Crippen LogP contribution is 2.07. The minimum Gasteiger partial charge on any atom is -0.306 e. The summed E-state index contributed by atoms with van der Waals surface area (Å²) in [5, 5.41) is 0. The molecule has 0 bridgehead atoms. The van der Waals surface area contributed by atoms with Crippen molar-refractivity contribution in [1.29, 1.82) is 0 Å². The van der Waals surface area contributed by atoms with Gasteiger partial charge in [0.1, 0.15) is 0 Å². The number of aromatic nitrogens is 2. The number of imidazole rings is 1. The molecule has 1 aromatic rings. The number of rotatable bonds is 3. The van der Waals surface area contributed by atoms with E-state index in [2.05, 4.69) is 11.6 Å². The van der Waals surface area contributed by atoms with E-state index in [4.69, 9.17) is 0 Å². The fourth-order valence-electron chi connectivity index (χ4n) is 1.31. The van der Waals surface area contributed by atoms with E-state index in [1.165, 1.54) is 0 Å². The van der Waals surface area contributed by atoms with Crippen LogP contribution in [0.1, 0.15) is 25.2 Å². The van der Waals surface area contributed by atoms with Gasteiger partial charge >= 0.3 is 5.69 Å². The van der Waals surface area contributed by atoms with Gasteiger partial charge in [-0.3, -0.25) is 4.57 Å². The van der Waals surface area contributed by atoms with E-state index in [0.717, 1.165) is 11.4 Å². The highest BCUT2D eigenvalue weighted by Gasteiger charge is 2.06. The molecule has 0 amide bonds. The lowest BCUT2D eigenvalue weighted by Gasteiger charge is -1.98. The van der Waals surface area contributed by atoms with E-state index in [0.29, 0.717) is 6.54 Å². The lowest BCUT2D eigenvalue weighted by Crippen LogP contribution is -2.16. The number of aromatic amines is 1. The molecule has 0 saturated heterocycles. The molecular weight excluding hydrogens is 164 g/mol. The summed E-state index contributed by atoms with van der Waals surface area (Å²) < 4.78 is 1.68. The van der Waals surface area contributed by atoms with Crippen LogP contribution in [0, 0.1) is 0 Å². The molecule has 70 valence electrons. The zero-order valence-corrected chi connectivity index (χ0v) is 8.00. The van der Waals surface area contributed by atoms with Gasteiger partial charge in [-0.2, -0.15) is 0 Å². The van der Waals surface area contributed by atoms with Crippen LogP contribution in [0.4, 0.5) is 0 Å². The van der Waals surface area contributed by atoms with Gasteiger partial charge in [0, 0.05) is 6.54 Å². The van der Waals surface area contributed by atoms with Crippen LogP contribution in [0.3, 0.4) is 0 Å². The molecule has 1 N–H and O–H groups in total. The maximum absolute atomic E-state index is 11.4. The highest BCUT2D eigenvalue weighted by atomic mass is 16.1. The van der Waals surface area contributed by atoms with Crippen LogP contribution < -0.4 is 5.69 Å². The molecule has 0 fully saturated rings. The summed E-state index contributed by atoms with van der Waals surface area (Å²) in [6.45, 7) is 8.18. The smallest absolute Gasteiger partial charge is 0.306 e. The first kappa shape index (κ1) is 9.58. The number of hydrogen-bond donors (Lipinski definition) is 1. The predicted molar refractivity (Wildman–Crippen MR) is 55.5 cm³/mol. The van der Waals surface area contributed by atoms with E-state index in [1.807, 2.05) is 26.0 Å². The first-order valence-electron chi connectivity index (χ1n) is 4.32. The van der Waals surface area contributed by atoms with Gasteiger partial charge < -0.3 is 4.98 Å². The molecule has 0 aliphatic carbocycles. The zero-order chi connectivity index (χ0) is 9.84. The van der Waals surface area contributed by atoms with Crippen LogP contribution in [0.15, 0.2) is 17.4 Å². The van der Waals surface area contributed by atoms with Crippen molar-refractivity contribution in [2.24, 2.45) is 0 Å². The van der Waals surface area contributed by atoms with Crippen LogP contribution in [0.2, 0.25) is 0 Å². The van der Waals surface area contributed by atoms with Crippen molar-refractivity contribution < 1.29 is 0 Å². The summed E-state index contributed by atoms with van der Waals surface area (Å²) in [4.78, 5) is 14.1. The second-order valence-electron chi connectivity index (χ2n) is 2.68. The van der Waals surface area contributed by atoms with Crippen LogP contribution in [0.25, 0.3) is 12.2 Å². The van der Waals surface area contributed by atoms with Crippen molar-refractivity contribution >= 4 is 12.2 Å². The first-order chi connectivity index (χ1) is 6.24. The van der Waals surface area contributed by atoms with Crippen LogP contribution in [-0.4, -0.2) is 9.55 Å². The van der Waals surface area contributed by atoms with Crippen molar-refractivity contribution in [3.05, 3.63) is 34.5 Å². The monoisotopic (exact) mass is 178 g/mol. The average molecular weight is 178 g/mol. The molecule has 0 saturated carbocycles. The number of nitrogens with one attached hydrogen (secondary N) is 1. The zero-order valence-electron chi connectivity index (χ0n) is 8.00. The van der Waals surface area contributed by atoms with Gasteiger partial charge in [-0.05, 0) is 26.0 Å². The Morgan fingerprint density at radius 2 is 2.31 bits per heavy atom. The Labute approximate surface area is 77.4 Å². The Balaban J connectivity index is 3.40. The van der Waals surface area contributed by atoms with E-state index in [-0.39, 0.29) is 5.69 Å². The maximum Gasteiger partial charge on any atom is 0.326 e. The third-order valence-electron chi connectivity index (χ3n) is 1.90. The number of H-pyrrole nitrogens is 1. The van der Waals surface area contributed by atoms with Gasteiger partial charge in [-0.25, -0.2) is 4.79 Å². The lowest BCUT2D eigenvalue weighted by atomic mass is 10.3. The Kier molecular flexibility index (Phi) is 2.90. The minimum atomic E-state index is -0.0782. The number of nitrogens with zero attached hydrogens (tertiary/aromatic N) is 1. The molecule has 0 radical (unpaired) electrons. The molecule has 0 aliphatic rings. The highest BCUT2D eigenvalue weighted by molar-refractivity contribution is 5.58. The van der Waals surface area contributed by atoms with Gasteiger partial charge in [-0.15, -0.1) is 0 Å². The molecule has 0 aromatic carbocycles. The average Bonchev–Trinajstić information content (AvgIpc) is 2.43. The van der Waals surface area contributed by atoms with Crippen LogP contribution in [-0.2, 0) is 6.54 Å². The van der Waals surface area contributed by atoms with Crippen molar-refractivity contribution in [2.45, 2.75) is 20.4 Å². The third-order valence-corrected chi connectivity index (χ3v) is 1.90. The largest absolute Gasteiger partial charge is 0.326 e. The molecule has 13 heavy (non-hydrogen) atoms. The molecule has 1 heterocycles. The fraction of sp³-hybridized carbons (Fsp3) is 0.300. The summed E-state index contributed by atoms with van der Waals surface area (Å²) in [5.41, 5.74) is 1.60. The fourth-order valence-corrected chi connectivity index (χ4v) is 1.31. The molecule has 0 unspecified atom stereocenters. The van der Waals surface area contributed by atoms with E-state index >= 15 is 0 Å². The molecular formula is C10H14N2O. The predicted octanol–water partition coefficient (Wildman–Crippen LogP) is 1.87. The molecule has 1 aromatic heterocycles. The Hall–Kier alpha value is -1.51. The molecule has 0 aliphatic heterocycles. The number of allylic oxidation sites excluding steroid dienone is 1. The maximum atomic E-state index is 11.4. The van der Waals surface area contributed by atoms with Gasteiger partial charge in [-0.1, -0.05) is 12.7 Å². The van der Waals surface area contributed by atoms with Gasteiger partial charge in [0.25, 0.3) is 0 Å². The summed E-state index contributed by atoms with van der Waals surface area (Å²) in [6.07, 6.45) is 5.46. The van der Waals surface area contributed by atoms with E-state index < -0.39 is 0 Å². The van der Waals surface area contributed by atoms with Crippen molar-refractivity contribution in [3.8, 4) is 0 Å². The quantitative estimate of drug-likeness (QED) is 0.753. The first-order valence-corrected chi connectivity index (χ1v) is 4.32. The van der Waals surface area contributed by atoms with E-state index in [9.17, 15) is 4.79 Å². The topological polar surface area (TPSA) is 37.8 Å². The normalized spacial score (nSPS) is 10.9. The molecule has 0 spiro atoms. The van der Waals surface area contributed by atoms with Gasteiger partial charge in [0.15, 0.2) is 0 Å². The summed E-state index contributed by atoms with van der Waals surface area (Å²) >= 11 is 0. The Morgan fingerprint density at radius 3 is 2.77 bits per heavy atom. The van der Waals surface area contributed by atoms with Crippen molar-refractivity contribution in [1.82, 2.24) is 9.55 Å². The molecule has 3 nitrogen and oxygen atoms in total. The van der Waals surface area contributed by atoms with E-state index in [1.54, 1.807) is 10.6 Å². The molecule has 1 rings (SSSR count). The van der Waals surface area contributed by atoms with Gasteiger partial charge in [0.05, 0.1) is 11.4 Å². The van der Waals surface area contributed by atoms with Crippen molar-refractivity contribution in [2.75, 3.05) is 0 Å².